The van der Waals surface area contributed by atoms with Gasteiger partial charge < -0.3 is 14.4 Å². The number of morpholine rings is 1. The monoisotopic (exact) mass is 309 g/mol. The molecule has 1 fully saturated rings. The van der Waals surface area contributed by atoms with Crippen LogP contribution in [0.3, 0.4) is 0 Å². The maximum atomic E-state index is 10.7. The van der Waals surface area contributed by atoms with Gasteiger partial charge in [-0.15, -0.1) is 0 Å². The van der Waals surface area contributed by atoms with Crippen molar-refractivity contribution < 1.29 is 19.3 Å². The fraction of sp³-hybridized carbons (Fsp3) is 0.625. The van der Waals surface area contributed by atoms with Crippen LogP contribution in [0.15, 0.2) is 24.3 Å². The molecule has 1 aromatic carbocycles. The van der Waals surface area contributed by atoms with Gasteiger partial charge in [0, 0.05) is 6.07 Å². The summed E-state index contributed by atoms with van der Waals surface area (Å²) in [5.74, 6) is 0.565. The molecule has 1 aromatic rings. The molecule has 0 radical (unpaired) electrons. The summed E-state index contributed by atoms with van der Waals surface area (Å²) in [6.07, 6.45) is 2.71. The van der Waals surface area contributed by atoms with Crippen molar-refractivity contribution in [2.24, 2.45) is 0 Å². The molecule has 1 aliphatic rings. The molecular weight excluding hydrogens is 284 g/mol. The number of rotatable bonds is 7. The van der Waals surface area contributed by atoms with Gasteiger partial charge in [0.1, 0.15) is 31.0 Å². The fourth-order valence-electron chi connectivity index (χ4n) is 2.95. The maximum absolute atomic E-state index is 10.7. The Morgan fingerprint density at radius 1 is 1.32 bits per heavy atom. The molecule has 0 aromatic heterocycles. The Balaban J connectivity index is 1.65. The van der Waals surface area contributed by atoms with Gasteiger partial charge in [-0.25, -0.2) is 0 Å². The predicted octanol–water partition coefficient (Wildman–Crippen LogP) is 1.45. The van der Waals surface area contributed by atoms with E-state index in [9.17, 15) is 10.1 Å². The molecule has 0 unspecified atom stereocenters. The Morgan fingerprint density at radius 2 is 2.05 bits per heavy atom. The summed E-state index contributed by atoms with van der Waals surface area (Å²) in [6, 6.07) is 6.34. The van der Waals surface area contributed by atoms with Gasteiger partial charge in [-0.3, -0.25) is 10.1 Å². The van der Waals surface area contributed by atoms with Crippen LogP contribution in [0, 0.1) is 10.1 Å². The SMILES string of the molecule is C[C@@H]1C[NH+](CCCCOc2cccc([N+](=O)[O-])c2)C[C@@H](C)O1. The lowest BCUT2D eigenvalue weighted by atomic mass is 10.2. The van der Waals surface area contributed by atoms with Gasteiger partial charge in [-0.05, 0) is 32.8 Å². The first-order chi connectivity index (χ1) is 10.5. The van der Waals surface area contributed by atoms with Crippen LogP contribution < -0.4 is 9.64 Å². The highest BCUT2D eigenvalue weighted by Gasteiger charge is 2.24. The first-order valence-electron chi connectivity index (χ1n) is 7.91. The minimum Gasteiger partial charge on any atom is -0.493 e. The number of nitrogens with zero attached hydrogens (tertiary/aromatic N) is 1. The Morgan fingerprint density at radius 3 is 2.73 bits per heavy atom. The molecule has 6 heteroatoms. The average molecular weight is 309 g/mol. The van der Waals surface area contributed by atoms with Gasteiger partial charge in [-0.1, -0.05) is 6.07 Å². The number of hydrogen-bond donors (Lipinski definition) is 1. The van der Waals surface area contributed by atoms with Crippen molar-refractivity contribution in [3.63, 3.8) is 0 Å². The lowest BCUT2D eigenvalue weighted by Crippen LogP contribution is -3.15. The summed E-state index contributed by atoms with van der Waals surface area (Å²) in [7, 11) is 0. The van der Waals surface area contributed by atoms with Gasteiger partial charge in [0.25, 0.3) is 5.69 Å². The highest BCUT2D eigenvalue weighted by Crippen LogP contribution is 2.19. The van der Waals surface area contributed by atoms with Crippen LogP contribution in [0.5, 0.6) is 5.75 Å². The molecule has 122 valence electrons. The van der Waals surface area contributed by atoms with Crippen molar-refractivity contribution in [3.8, 4) is 5.75 Å². The third-order valence-electron chi connectivity index (χ3n) is 3.84. The smallest absolute Gasteiger partial charge is 0.273 e. The predicted molar refractivity (Wildman–Crippen MR) is 83.4 cm³/mol. The van der Waals surface area contributed by atoms with Crippen LogP contribution in [0.2, 0.25) is 0 Å². The highest BCUT2D eigenvalue weighted by molar-refractivity contribution is 5.37. The molecular formula is C16H25N2O4+. The van der Waals surface area contributed by atoms with E-state index in [0.717, 1.165) is 32.5 Å². The highest BCUT2D eigenvalue weighted by atomic mass is 16.6. The van der Waals surface area contributed by atoms with Crippen LogP contribution in [0.25, 0.3) is 0 Å². The van der Waals surface area contributed by atoms with Gasteiger partial charge in [0.05, 0.1) is 24.1 Å². The van der Waals surface area contributed by atoms with Crippen molar-refractivity contribution in [1.82, 2.24) is 0 Å². The molecule has 0 bridgehead atoms. The largest absolute Gasteiger partial charge is 0.493 e. The van der Waals surface area contributed by atoms with E-state index in [1.165, 1.54) is 12.1 Å². The van der Waals surface area contributed by atoms with E-state index in [1.807, 2.05) is 0 Å². The number of nitrogens with one attached hydrogen (secondary N) is 1. The molecule has 0 spiro atoms. The molecule has 22 heavy (non-hydrogen) atoms. The molecule has 1 N–H and O–H groups in total. The van der Waals surface area contributed by atoms with Gasteiger partial charge >= 0.3 is 0 Å². The fourth-order valence-corrected chi connectivity index (χ4v) is 2.95. The second kappa shape index (κ2) is 8.10. The Kier molecular flexibility index (Phi) is 6.15. The molecule has 2 rings (SSSR count). The van der Waals surface area contributed by atoms with E-state index >= 15 is 0 Å². The zero-order valence-corrected chi connectivity index (χ0v) is 13.3. The summed E-state index contributed by atoms with van der Waals surface area (Å²) < 4.78 is 11.3. The number of non-ortho nitro benzene ring substituents is 1. The van der Waals surface area contributed by atoms with E-state index in [0.29, 0.717) is 24.6 Å². The molecule has 6 nitrogen and oxygen atoms in total. The summed E-state index contributed by atoms with van der Waals surface area (Å²) in [6.45, 7) is 8.10. The van der Waals surface area contributed by atoms with Crippen molar-refractivity contribution in [3.05, 3.63) is 34.4 Å². The Labute approximate surface area is 131 Å². The third kappa shape index (κ3) is 5.27. The first kappa shape index (κ1) is 16.7. The van der Waals surface area contributed by atoms with Crippen LogP contribution in [0.4, 0.5) is 5.69 Å². The number of nitro groups is 1. The summed E-state index contributed by atoms with van der Waals surface area (Å²) >= 11 is 0. The number of nitro benzene ring substituents is 1. The molecule has 0 amide bonds. The van der Waals surface area contributed by atoms with Crippen LogP contribution in [-0.2, 0) is 4.74 Å². The zero-order chi connectivity index (χ0) is 15.9. The molecule has 1 heterocycles. The Bertz CT molecular complexity index is 485. The normalized spacial score (nSPS) is 24.9. The topological polar surface area (TPSA) is 66.0 Å². The Hall–Kier alpha value is -1.66. The lowest BCUT2D eigenvalue weighted by molar-refractivity contribution is -0.915. The minimum absolute atomic E-state index is 0.0678. The average Bonchev–Trinajstić information content (AvgIpc) is 2.46. The van der Waals surface area contributed by atoms with Crippen molar-refractivity contribution in [2.45, 2.75) is 38.9 Å². The second-order valence-corrected chi connectivity index (χ2v) is 5.98. The van der Waals surface area contributed by atoms with Crippen molar-refractivity contribution >= 4 is 5.69 Å². The molecule has 2 atom stereocenters. The van der Waals surface area contributed by atoms with Gasteiger partial charge in [-0.2, -0.15) is 0 Å². The second-order valence-electron chi connectivity index (χ2n) is 5.98. The van der Waals surface area contributed by atoms with E-state index < -0.39 is 4.92 Å². The number of benzene rings is 1. The number of unbranched alkanes of at least 4 members (excludes halogenated alkanes) is 1. The summed E-state index contributed by atoms with van der Waals surface area (Å²) in [5.41, 5.74) is 0.0678. The zero-order valence-electron chi connectivity index (χ0n) is 13.3. The maximum Gasteiger partial charge on any atom is 0.273 e. The van der Waals surface area contributed by atoms with Crippen molar-refractivity contribution in [1.29, 1.82) is 0 Å². The van der Waals surface area contributed by atoms with Gasteiger partial charge in [0.2, 0.25) is 0 Å². The number of ether oxygens (including phenoxy) is 2. The lowest BCUT2D eigenvalue weighted by Gasteiger charge is -2.32. The standard InChI is InChI=1S/C16H24N2O4/c1-13-11-17(12-14(2)22-13)8-3-4-9-21-16-7-5-6-15(10-16)18(19)20/h5-7,10,13-14H,3-4,8-9,11-12H2,1-2H3/p+1/t13-,14-/m1/s1. The summed E-state index contributed by atoms with van der Waals surface area (Å²) in [4.78, 5) is 11.9. The van der Waals surface area contributed by atoms with Crippen LogP contribution >= 0.6 is 0 Å². The summed E-state index contributed by atoms with van der Waals surface area (Å²) in [5, 5.41) is 10.7. The quantitative estimate of drug-likeness (QED) is 0.470. The van der Waals surface area contributed by atoms with Crippen LogP contribution in [-0.4, -0.2) is 43.4 Å². The van der Waals surface area contributed by atoms with Crippen molar-refractivity contribution in [2.75, 3.05) is 26.2 Å². The molecule has 0 aliphatic carbocycles. The molecule has 0 saturated carbocycles. The van der Waals surface area contributed by atoms with Crippen LogP contribution in [0.1, 0.15) is 26.7 Å². The number of hydrogen-bond acceptors (Lipinski definition) is 4. The first-order valence-corrected chi connectivity index (χ1v) is 7.91. The molecule has 1 aliphatic heterocycles. The van der Waals surface area contributed by atoms with E-state index in [1.54, 1.807) is 17.0 Å². The van der Waals surface area contributed by atoms with E-state index in [4.69, 9.17) is 9.47 Å². The number of quaternary nitrogens is 1. The van der Waals surface area contributed by atoms with E-state index in [2.05, 4.69) is 13.8 Å². The molecule has 1 saturated heterocycles. The third-order valence-corrected chi connectivity index (χ3v) is 3.84. The minimum atomic E-state index is -0.406. The van der Waals surface area contributed by atoms with Gasteiger partial charge in [0.15, 0.2) is 0 Å². The van der Waals surface area contributed by atoms with E-state index in [-0.39, 0.29) is 5.69 Å².